The molecule has 0 atom stereocenters. The van der Waals surface area contributed by atoms with Crippen LogP contribution in [-0.4, -0.2) is 16.9 Å². The van der Waals surface area contributed by atoms with Gasteiger partial charge in [0.1, 0.15) is 5.75 Å². The van der Waals surface area contributed by atoms with Gasteiger partial charge in [-0.05, 0) is 29.8 Å². The maximum atomic E-state index is 12.8. The van der Waals surface area contributed by atoms with Gasteiger partial charge >= 0.3 is 11.8 Å². The summed E-state index contributed by atoms with van der Waals surface area (Å²) in [4.78, 5) is 26.7. The second-order valence-corrected chi connectivity index (χ2v) is 5.68. The highest BCUT2D eigenvalue weighted by Gasteiger charge is 2.24. The first kappa shape index (κ1) is 17.2. The van der Waals surface area contributed by atoms with Gasteiger partial charge in [0.2, 0.25) is 0 Å². The van der Waals surface area contributed by atoms with Gasteiger partial charge in [0.15, 0.2) is 0 Å². The molecular weight excluding hydrogens is 328 g/mol. The largest absolute Gasteiger partial charge is 0.506 e. The molecule has 26 heavy (non-hydrogen) atoms. The minimum Gasteiger partial charge on any atom is -0.506 e. The van der Waals surface area contributed by atoms with Crippen molar-refractivity contribution < 1.29 is 14.7 Å². The van der Waals surface area contributed by atoms with Gasteiger partial charge in [-0.3, -0.25) is 14.5 Å². The Labute approximate surface area is 151 Å². The third-order valence-electron chi connectivity index (χ3n) is 3.84. The average molecular weight is 346 g/mol. The number of hydrogen-bond acceptors (Lipinski definition) is 3. The van der Waals surface area contributed by atoms with Crippen LogP contribution in [0.4, 0.5) is 11.4 Å². The van der Waals surface area contributed by atoms with Gasteiger partial charge < -0.3 is 10.4 Å². The fourth-order valence-electron chi connectivity index (χ4n) is 2.53. The molecule has 5 nitrogen and oxygen atoms in total. The Hall–Kier alpha value is -3.60. The molecule has 2 N–H and O–H groups in total. The number of phenolic OH excluding ortho intramolecular Hbond substituents is 1. The summed E-state index contributed by atoms with van der Waals surface area (Å²) in [5.41, 5.74) is 1.72. The zero-order valence-electron chi connectivity index (χ0n) is 14.0. The second kappa shape index (κ2) is 7.98. The van der Waals surface area contributed by atoms with Crippen LogP contribution in [0.3, 0.4) is 0 Å². The molecule has 0 aromatic heterocycles. The van der Waals surface area contributed by atoms with Gasteiger partial charge in [0, 0.05) is 5.69 Å². The molecule has 0 heterocycles. The molecule has 130 valence electrons. The molecule has 3 aromatic rings. The van der Waals surface area contributed by atoms with E-state index in [1.165, 1.54) is 17.0 Å². The molecule has 0 bridgehead atoms. The summed E-state index contributed by atoms with van der Waals surface area (Å²) in [5.74, 6) is -1.61. The molecule has 0 aliphatic rings. The van der Waals surface area contributed by atoms with Crippen molar-refractivity contribution in [3.8, 4) is 5.75 Å². The van der Waals surface area contributed by atoms with Crippen LogP contribution in [0.1, 0.15) is 5.56 Å². The van der Waals surface area contributed by atoms with E-state index in [0.717, 1.165) is 5.56 Å². The number of nitrogens with zero attached hydrogens (tertiary/aromatic N) is 1. The third-order valence-corrected chi connectivity index (χ3v) is 3.84. The van der Waals surface area contributed by atoms with Crippen LogP contribution < -0.4 is 10.2 Å². The van der Waals surface area contributed by atoms with Gasteiger partial charge in [-0.1, -0.05) is 60.7 Å². The highest BCUT2D eigenvalue weighted by atomic mass is 16.3. The van der Waals surface area contributed by atoms with E-state index in [4.69, 9.17) is 0 Å². The van der Waals surface area contributed by atoms with E-state index in [0.29, 0.717) is 5.69 Å². The maximum Gasteiger partial charge on any atom is 0.316 e. The van der Waals surface area contributed by atoms with Crippen molar-refractivity contribution in [1.29, 1.82) is 0 Å². The quantitative estimate of drug-likeness (QED) is 0.560. The molecule has 2 amide bonds. The predicted octanol–water partition coefficient (Wildman–Crippen LogP) is 3.56. The number of carbonyl (C=O) groups is 2. The van der Waals surface area contributed by atoms with Crippen molar-refractivity contribution in [2.24, 2.45) is 0 Å². The number of carbonyl (C=O) groups excluding carboxylic acids is 2. The lowest BCUT2D eigenvalue weighted by molar-refractivity contribution is -0.134. The van der Waals surface area contributed by atoms with E-state index < -0.39 is 11.8 Å². The number of amides is 2. The molecule has 0 saturated heterocycles. The van der Waals surface area contributed by atoms with Crippen LogP contribution >= 0.6 is 0 Å². The van der Waals surface area contributed by atoms with E-state index in [1.54, 1.807) is 24.3 Å². The lowest BCUT2D eigenvalue weighted by Crippen LogP contribution is -2.39. The van der Waals surface area contributed by atoms with Crippen molar-refractivity contribution in [2.75, 3.05) is 10.2 Å². The fraction of sp³-hybridized carbons (Fsp3) is 0.0476. The highest BCUT2D eigenvalue weighted by molar-refractivity contribution is 6.44. The molecule has 0 radical (unpaired) electrons. The first-order valence-corrected chi connectivity index (χ1v) is 8.15. The Kier molecular flexibility index (Phi) is 5.29. The van der Waals surface area contributed by atoms with Crippen LogP contribution in [0.2, 0.25) is 0 Å². The first-order chi connectivity index (χ1) is 12.6. The SMILES string of the molecule is O=C(Nc1ccccc1O)C(=O)N(Cc1ccccc1)c1ccccc1. The van der Waals surface area contributed by atoms with E-state index >= 15 is 0 Å². The van der Waals surface area contributed by atoms with Crippen LogP contribution in [0.5, 0.6) is 5.75 Å². The summed E-state index contributed by atoms with van der Waals surface area (Å²) < 4.78 is 0. The van der Waals surface area contributed by atoms with Gasteiger partial charge in [-0.2, -0.15) is 0 Å². The molecule has 3 rings (SSSR count). The van der Waals surface area contributed by atoms with Gasteiger partial charge in [0.25, 0.3) is 0 Å². The van der Waals surface area contributed by atoms with Crippen LogP contribution in [0.15, 0.2) is 84.9 Å². The summed E-state index contributed by atoms with van der Waals surface area (Å²) in [7, 11) is 0. The zero-order chi connectivity index (χ0) is 18.4. The number of para-hydroxylation sites is 3. The van der Waals surface area contributed by atoms with E-state index in [9.17, 15) is 14.7 Å². The van der Waals surface area contributed by atoms with Crippen LogP contribution in [0.25, 0.3) is 0 Å². The monoisotopic (exact) mass is 346 g/mol. The summed E-state index contributed by atoms with van der Waals surface area (Å²) in [6.07, 6.45) is 0. The number of hydrogen-bond donors (Lipinski definition) is 2. The number of anilines is 2. The van der Waals surface area contributed by atoms with Crippen molar-refractivity contribution in [3.63, 3.8) is 0 Å². The van der Waals surface area contributed by atoms with E-state index in [1.807, 2.05) is 48.5 Å². The highest BCUT2D eigenvalue weighted by Crippen LogP contribution is 2.22. The maximum absolute atomic E-state index is 12.8. The topological polar surface area (TPSA) is 69.6 Å². The van der Waals surface area contributed by atoms with Crippen molar-refractivity contribution in [2.45, 2.75) is 6.54 Å². The number of nitrogens with one attached hydrogen (secondary N) is 1. The van der Waals surface area contributed by atoms with Crippen molar-refractivity contribution >= 4 is 23.2 Å². The summed E-state index contributed by atoms with van der Waals surface area (Å²) in [5, 5.41) is 12.3. The van der Waals surface area contributed by atoms with Crippen LogP contribution in [-0.2, 0) is 16.1 Å². The Morgan fingerprint density at radius 2 is 1.38 bits per heavy atom. The standard InChI is InChI=1S/C21H18N2O3/c24-19-14-8-7-13-18(19)22-20(25)21(26)23(17-11-5-2-6-12-17)15-16-9-3-1-4-10-16/h1-14,24H,15H2,(H,22,25). The van der Waals surface area contributed by atoms with Gasteiger partial charge in [-0.15, -0.1) is 0 Å². The summed E-state index contributed by atoms with van der Waals surface area (Å²) in [6.45, 7) is 0.262. The number of phenols is 1. The minimum absolute atomic E-state index is 0.0945. The Morgan fingerprint density at radius 1 is 0.808 bits per heavy atom. The Morgan fingerprint density at radius 3 is 2.04 bits per heavy atom. The molecule has 0 saturated carbocycles. The second-order valence-electron chi connectivity index (χ2n) is 5.68. The molecule has 3 aromatic carbocycles. The average Bonchev–Trinajstić information content (AvgIpc) is 2.69. The third kappa shape index (κ3) is 4.08. The Balaban J connectivity index is 1.85. The van der Waals surface area contributed by atoms with E-state index in [-0.39, 0.29) is 18.0 Å². The Bertz CT molecular complexity index is 895. The molecule has 5 heteroatoms. The zero-order valence-corrected chi connectivity index (χ0v) is 14.0. The minimum atomic E-state index is -0.814. The molecular formula is C21H18N2O3. The smallest absolute Gasteiger partial charge is 0.316 e. The summed E-state index contributed by atoms with van der Waals surface area (Å²) in [6, 6.07) is 24.7. The number of rotatable bonds is 4. The number of benzene rings is 3. The molecule has 0 aliphatic heterocycles. The molecule has 0 fully saturated rings. The normalized spacial score (nSPS) is 10.2. The van der Waals surface area contributed by atoms with Gasteiger partial charge in [-0.25, -0.2) is 0 Å². The fourth-order valence-corrected chi connectivity index (χ4v) is 2.53. The number of aromatic hydroxyl groups is 1. The van der Waals surface area contributed by atoms with E-state index in [2.05, 4.69) is 5.32 Å². The van der Waals surface area contributed by atoms with Crippen LogP contribution in [0, 0.1) is 0 Å². The molecule has 0 aliphatic carbocycles. The lowest BCUT2D eigenvalue weighted by Gasteiger charge is -2.22. The van der Waals surface area contributed by atoms with Crippen molar-refractivity contribution in [3.05, 3.63) is 90.5 Å². The van der Waals surface area contributed by atoms with Gasteiger partial charge in [0.05, 0.1) is 12.2 Å². The lowest BCUT2D eigenvalue weighted by atomic mass is 10.2. The summed E-state index contributed by atoms with van der Waals surface area (Å²) >= 11 is 0. The first-order valence-electron chi connectivity index (χ1n) is 8.15. The molecule has 0 unspecified atom stereocenters. The molecule has 0 spiro atoms. The van der Waals surface area contributed by atoms with Crippen molar-refractivity contribution in [1.82, 2.24) is 0 Å². The predicted molar refractivity (Wildman–Crippen MR) is 101 cm³/mol.